The molecule has 1 atom stereocenters. The largest absolute Gasteiger partial charge is 0.378 e. The van der Waals surface area contributed by atoms with E-state index in [2.05, 4.69) is 5.32 Å². The Morgan fingerprint density at radius 2 is 2.12 bits per heavy atom. The smallest absolute Gasteiger partial charge is 0.317 e. The summed E-state index contributed by atoms with van der Waals surface area (Å²) < 4.78 is 16.2. The first kappa shape index (κ1) is 12.6. The minimum atomic E-state index is -0.533. The van der Waals surface area contributed by atoms with Gasteiger partial charge in [-0.15, -0.1) is 0 Å². The quantitative estimate of drug-likeness (QED) is 0.752. The van der Waals surface area contributed by atoms with Crippen molar-refractivity contribution in [3.05, 3.63) is 0 Å². The van der Waals surface area contributed by atoms with Gasteiger partial charge in [-0.1, -0.05) is 0 Å². The van der Waals surface area contributed by atoms with Gasteiger partial charge in [0.25, 0.3) is 0 Å². The Hall–Kier alpha value is -0.850. The Balaban J connectivity index is 1.69. The molecular formula is C11H20N2O4. The second kappa shape index (κ2) is 5.20. The van der Waals surface area contributed by atoms with Gasteiger partial charge in [0, 0.05) is 19.6 Å². The SMILES string of the molecule is CC1(C)OCC(CNC(=O)N2CCOCC2)O1. The summed E-state index contributed by atoms with van der Waals surface area (Å²) in [5.41, 5.74) is 0. The first-order valence-electron chi connectivity index (χ1n) is 5.99. The zero-order chi connectivity index (χ0) is 12.3. The number of nitrogens with one attached hydrogen (secondary N) is 1. The number of carbonyl (C=O) groups excluding carboxylic acids is 1. The second-order valence-electron chi connectivity index (χ2n) is 4.74. The number of morpholine rings is 1. The van der Waals surface area contributed by atoms with Crippen LogP contribution in [0.1, 0.15) is 13.8 Å². The van der Waals surface area contributed by atoms with E-state index in [1.54, 1.807) is 4.90 Å². The van der Waals surface area contributed by atoms with Crippen LogP contribution in [-0.4, -0.2) is 62.3 Å². The molecule has 2 saturated heterocycles. The molecule has 0 saturated carbocycles. The highest BCUT2D eigenvalue weighted by Gasteiger charge is 2.32. The van der Waals surface area contributed by atoms with E-state index in [0.717, 1.165) is 0 Å². The number of hydrogen-bond acceptors (Lipinski definition) is 4. The van der Waals surface area contributed by atoms with Crippen molar-refractivity contribution in [1.82, 2.24) is 10.2 Å². The molecule has 1 unspecified atom stereocenters. The van der Waals surface area contributed by atoms with E-state index in [1.165, 1.54) is 0 Å². The Morgan fingerprint density at radius 1 is 1.41 bits per heavy atom. The fourth-order valence-corrected chi connectivity index (χ4v) is 1.94. The molecule has 6 heteroatoms. The molecule has 2 fully saturated rings. The molecule has 0 aromatic carbocycles. The highest BCUT2D eigenvalue weighted by atomic mass is 16.7. The molecule has 2 aliphatic heterocycles. The zero-order valence-electron chi connectivity index (χ0n) is 10.4. The third-order valence-corrected chi connectivity index (χ3v) is 2.85. The number of nitrogens with zero attached hydrogens (tertiary/aromatic N) is 1. The Bertz CT molecular complexity index is 277. The molecule has 2 aliphatic rings. The summed E-state index contributed by atoms with van der Waals surface area (Å²) in [7, 11) is 0. The zero-order valence-corrected chi connectivity index (χ0v) is 10.4. The molecule has 0 bridgehead atoms. The molecule has 2 rings (SSSR count). The predicted molar refractivity (Wildman–Crippen MR) is 60.7 cm³/mol. The molecular weight excluding hydrogens is 224 g/mol. The molecule has 98 valence electrons. The first-order chi connectivity index (χ1) is 8.07. The van der Waals surface area contributed by atoms with Crippen LogP contribution in [-0.2, 0) is 14.2 Å². The van der Waals surface area contributed by atoms with Gasteiger partial charge in [0.2, 0.25) is 0 Å². The summed E-state index contributed by atoms with van der Waals surface area (Å²) in [4.78, 5) is 13.5. The summed E-state index contributed by atoms with van der Waals surface area (Å²) in [5.74, 6) is -0.533. The van der Waals surface area contributed by atoms with Crippen LogP contribution in [0.2, 0.25) is 0 Å². The van der Waals surface area contributed by atoms with Gasteiger partial charge in [0.1, 0.15) is 6.10 Å². The summed E-state index contributed by atoms with van der Waals surface area (Å²) in [6.45, 7) is 7.29. The lowest BCUT2D eigenvalue weighted by Gasteiger charge is -2.27. The normalized spacial score (nSPS) is 28.1. The molecule has 2 amide bonds. The minimum Gasteiger partial charge on any atom is -0.378 e. The van der Waals surface area contributed by atoms with E-state index in [-0.39, 0.29) is 12.1 Å². The molecule has 1 N–H and O–H groups in total. The van der Waals surface area contributed by atoms with Crippen molar-refractivity contribution in [2.45, 2.75) is 25.7 Å². The van der Waals surface area contributed by atoms with Gasteiger partial charge >= 0.3 is 6.03 Å². The first-order valence-corrected chi connectivity index (χ1v) is 5.99. The van der Waals surface area contributed by atoms with E-state index >= 15 is 0 Å². The van der Waals surface area contributed by atoms with Crippen LogP contribution >= 0.6 is 0 Å². The van der Waals surface area contributed by atoms with Crippen molar-refractivity contribution in [1.29, 1.82) is 0 Å². The fraction of sp³-hybridized carbons (Fsp3) is 0.909. The van der Waals surface area contributed by atoms with Crippen molar-refractivity contribution in [3.63, 3.8) is 0 Å². The van der Waals surface area contributed by atoms with Gasteiger partial charge < -0.3 is 24.4 Å². The number of ether oxygens (including phenoxy) is 3. The van der Waals surface area contributed by atoms with E-state index in [1.807, 2.05) is 13.8 Å². The molecule has 0 radical (unpaired) electrons. The average molecular weight is 244 g/mol. The third-order valence-electron chi connectivity index (χ3n) is 2.85. The maximum Gasteiger partial charge on any atom is 0.317 e. The number of hydrogen-bond donors (Lipinski definition) is 1. The van der Waals surface area contributed by atoms with E-state index in [9.17, 15) is 4.79 Å². The van der Waals surface area contributed by atoms with Crippen molar-refractivity contribution in [2.75, 3.05) is 39.5 Å². The van der Waals surface area contributed by atoms with Gasteiger partial charge in [0.15, 0.2) is 5.79 Å². The molecule has 0 aromatic rings. The predicted octanol–water partition coefficient (Wildman–Crippen LogP) is 0.180. The Labute approximate surface area is 101 Å². The number of carbonyl (C=O) groups is 1. The van der Waals surface area contributed by atoms with Crippen molar-refractivity contribution >= 4 is 6.03 Å². The fourth-order valence-electron chi connectivity index (χ4n) is 1.94. The lowest BCUT2D eigenvalue weighted by Crippen LogP contribution is -2.48. The van der Waals surface area contributed by atoms with Crippen LogP contribution in [0.4, 0.5) is 4.79 Å². The molecule has 17 heavy (non-hydrogen) atoms. The van der Waals surface area contributed by atoms with Crippen LogP contribution < -0.4 is 5.32 Å². The van der Waals surface area contributed by atoms with Crippen LogP contribution in [0, 0.1) is 0 Å². The third kappa shape index (κ3) is 3.55. The molecule has 2 heterocycles. The standard InChI is InChI=1S/C11H20N2O4/c1-11(2)16-8-9(17-11)7-12-10(14)13-3-5-15-6-4-13/h9H,3-8H2,1-2H3,(H,12,14). The van der Waals surface area contributed by atoms with Crippen LogP contribution in [0.25, 0.3) is 0 Å². The lowest BCUT2D eigenvalue weighted by molar-refractivity contribution is -0.137. The summed E-state index contributed by atoms with van der Waals surface area (Å²) >= 11 is 0. The topological polar surface area (TPSA) is 60.0 Å². The highest BCUT2D eigenvalue weighted by molar-refractivity contribution is 5.74. The second-order valence-corrected chi connectivity index (χ2v) is 4.74. The van der Waals surface area contributed by atoms with E-state index in [0.29, 0.717) is 39.5 Å². The number of urea groups is 1. The Kier molecular flexibility index (Phi) is 3.86. The van der Waals surface area contributed by atoms with Crippen LogP contribution in [0.5, 0.6) is 0 Å². The monoisotopic (exact) mass is 244 g/mol. The lowest BCUT2D eigenvalue weighted by atomic mass is 10.3. The maximum absolute atomic E-state index is 11.8. The summed E-state index contributed by atoms with van der Waals surface area (Å²) in [5, 5.41) is 2.86. The van der Waals surface area contributed by atoms with E-state index in [4.69, 9.17) is 14.2 Å². The van der Waals surface area contributed by atoms with Gasteiger partial charge in [-0.3, -0.25) is 0 Å². The summed E-state index contributed by atoms with van der Waals surface area (Å²) in [6, 6.07) is -0.0541. The van der Waals surface area contributed by atoms with Crippen LogP contribution in [0.15, 0.2) is 0 Å². The van der Waals surface area contributed by atoms with Gasteiger partial charge in [-0.2, -0.15) is 0 Å². The number of amides is 2. The van der Waals surface area contributed by atoms with Gasteiger partial charge in [-0.05, 0) is 13.8 Å². The molecule has 0 aliphatic carbocycles. The van der Waals surface area contributed by atoms with Gasteiger partial charge in [0.05, 0.1) is 19.8 Å². The number of rotatable bonds is 2. The van der Waals surface area contributed by atoms with Crippen molar-refractivity contribution < 1.29 is 19.0 Å². The molecule has 6 nitrogen and oxygen atoms in total. The molecule has 0 aromatic heterocycles. The molecule has 0 spiro atoms. The minimum absolute atomic E-state index is 0.0541. The Morgan fingerprint density at radius 3 is 2.71 bits per heavy atom. The highest BCUT2D eigenvalue weighted by Crippen LogP contribution is 2.21. The maximum atomic E-state index is 11.8. The van der Waals surface area contributed by atoms with Crippen LogP contribution in [0.3, 0.4) is 0 Å². The van der Waals surface area contributed by atoms with Crippen molar-refractivity contribution in [3.8, 4) is 0 Å². The van der Waals surface area contributed by atoms with Crippen molar-refractivity contribution in [2.24, 2.45) is 0 Å². The van der Waals surface area contributed by atoms with E-state index < -0.39 is 5.79 Å². The van der Waals surface area contributed by atoms with Gasteiger partial charge in [-0.25, -0.2) is 4.79 Å². The summed E-state index contributed by atoms with van der Waals surface area (Å²) in [6.07, 6.45) is -0.0602. The average Bonchev–Trinajstić information content (AvgIpc) is 2.67.